The average Bonchev–Trinajstić information content (AvgIpc) is 3.01. The molecule has 7 nitrogen and oxygen atoms in total. The first-order valence-electron chi connectivity index (χ1n) is 4.93. The summed E-state index contributed by atoms with van der Waals surface area (Å²) >= 11 is 10.3. The highest BCUT2D eigenvalue weighted by Gasteiger charge is 2.28. The van der Waals surface area contributed by atoms with Gasteiger partial charge >= 0.3 is 0 Å². The predicted octanol–water partition coefficient (Wildman–Crippen LogP) is 0.316. The highest BCUT2D eigenvalue weighted by Crippen LogP contribution is 2.24. The first-order valence-corrected chi connectivity index (χ1v) is 5.68. The number of carbonyl (C=O) groups excluding carboxylic acids is 2. The van der Waals surface area contributed by atoms with Crippen LogP contribution < -0.4 is 10.1 Å². The molecule has 0 saturated heterocycles. The average molecular weight is 318 g/mol. The van der Waals surface area contributed by atoms with Crippen molar-refractivity contribution in [2.24, 2.45) is 0 Å². The fourth-order valence-corrected chi connectivity index (χ4v) is 1.20. The van der Waals surface area contributed by atoms with Crippen molar-refractivity contribution in [2.75, 3.05) is 0 Å². The van der Waals surface area contributed by atoms with Crippen LogP contribution in [-0.4, -0.2) is 21.7 Å². The first kappa shape index (κ1) is 17.7. The molecule has 1 aromatic heterocycles. The van der Waals surface area contributed by atoms with E-state index >= 15 is 0 Å². The van der Waals surface area contributed by atoms with E-state index in [9.17, 15) is 14.7 Å². The number of halogens is 2. The van der Waals surface area contributed by atoms with Gasteiger partial charge in [0.05, 0.1) is 11.1 Å². The Morgan fingerprint density at radius 2 is 1.90 bits per heavy atom. The molecule has 1 aromatic rings. The summed E-state index contributed by atoms with van der Waals surface area (Å²) < 4.78 is 0. The number of Topliss-reactive ketones (excluding diaryl/α,β-unsaturated/α-hetero) is 2. The number of aromatic amines is 2. The summed E-state index contributed by atoms with van der Waals surface area (Å²) in [6, 6.07) is 1.75. The molecule has 0 bridgehead atoms. The lowest BCUT2D eigenvalue weighted by molar-refractivity contribution is -0.375. The zero-order valence-corrected chi connectivity index (χ0v) is 11.6. The maximum absolute atomic E-state index is 10.8. The molecule has 0 unspecified atom stereocenters. The highest BCUT2D eigenvalue weighted by molar-refractivity contribution is 6.55. The van der Waals surface area contributed by atoms with Gasteiger partial charge in [-0.05, 0) is 5.76 Å². The van der Waals surface area contributed by atoms with Crippen LogP contribution >= 0.6 is 23.2 Å². The number of carbonyl (C=O) groups is 2. The molecular weight excluding hydrogens is 309 g/mol. The Morgan fingerprint density at radius 3 is 2.25 bits per heavy atom. The number of H-pyrrole nitrogens is 2. The summed E-state index contributed by atoms with van der Waals surface area (Å²) in [6.07, 6.45) is 5.39. The quantitative estimate of drug-likeness (QED) is 0.665. The molecule has 0 radical (unpaired) electrons. The third-order valence-electron chi connectivity index (χ3n) is 1.67. The molecular formula is C11H9Cl2N3O4. The van der Waals surface area contributed by atoms with Crippen molar-refractivity contribution in [3.05, 3.63) is 40.3 Å². The van der Waals surface area contributed by atoms with Crippen molar-refractivity contribution in [3.63, 3.8) is 0 Å². The number of rotatable bonds is 0. The fourth-order valence-electron chi connectivity index (χ4n) is 0.854. The normalized spacial score (nSPS) is 13.9. The molecule has 2 rings (SSSR count). The van der Waals surface area contributed by atoms with Gasteiger partial charge in [-0.1, -0.05) is 23.2 Å². The number of aromatic nitrogens is 2. The standard InChI is InChI=1S/C6H2Cl2O4.C3H4N2.C2H3N/c7-1-3(9)5(11)2(8)6(12)4(1)10;1-2-5-3-4-1;1-2-3/h9,12H;1-3H,(H,4,5);1H3. The van der Waals surface area contributed by atoms with Crippen LogP contribution in [0.15, 0.2) is 40.3 Å². The molecule has 1 heterocycles. The molecule has 0 saturated carbocycles. The molecule has 0 atom stereocenters. The molecule has 9 heteroatoms. The third-order valence-corrected chi connectivity index (χ3v) is 2.36. The number of ketones is 2. The monoisotopic (exact) mass is 317 g/mol. The molecule has 0 amide bonds. The Bertz CT molecular complexity index is 506. The van der Waals surface area contributed by atoms with Crippen LogP contribution in [0.2, 0.25) is 0 Å². The molecule has 0 fully saturated rings. The minimum Gasteiger partial charge on any atom is -0.869 e. The number of aliphatic hydroxyl groups is 1. The molecule has 106 valence electrons. The van der Waals surface area contributed by atoms with E-state index < -0.39 is 33.1 Å². The number of nitrogens with one attached hydrogen (secondary N) is 2. The van der Waals surface area contributed by atoms with E-state index in [0.717, 1.165) is 0 Å². The van der Waals surface area contributed by atoms with Gasteiger partial charge in [0.25, 0.3) is 0 Å². The van der Waals surface area contributed by atoms with E-state index in [1.165, 1.54) is 6.92 Å². The van der Waals surface area contributed by atoms with E-state index in [0.29, 0.717) is 0 Å². The largest absolute Gasteiger partial charge is 0.869 e. The van der Waals surface area contributed by atoms with Gasteiger partial charge in [0.15, 0.2) is 11.5 Å². The fraction of sp³-hybridized carbons (Fsp3) is 0.0909. The number of nitrogens with zero attached hydrogens (tertiary/aromatic N) is 1. The zero-order valence-electron chi connectivity index (χ0n) is 10.1. The van der Waals surface area contributed by atoms with Crippen LogP contribution in [-0.2, 0) is 9.59 Å². The van der Waals surface area contributed by atoms with E-state index in [-0.39, 0.29) is 0 Å². The molecule has 1 aliphatic carbocycles. The minimum atomic E-state index is -1.19. The molecule has 0 aromatic carbocycles. The van der Waals surface area contributed by atoms with Gasteiger partial charge in [0.2, 0.25) is 12.1 Å². The summed E-state index contributed by atoms with van der Waals surface area (Å²) in [7, 11) is 0. The first-order chi connectivity index (χ1) is 9.38. The zero-order chi connectivity index (χ0) is 15.7. The van der Waals surface area contributed by atoms with Crippen molar-refractivity contribution in [1.29, 1.82) is 5.26 Å². The van der Waals surface area contributed by atoms with Crippen molar-refractivity contribution < 1.29 is 24.8 Å². The van der Waals surface area contributed by atoms with Crippen molar-refractivity contribution >= 4 is 34.8 Å². The van der Waals surface area contributed by atoms with Gasteiger partial charge in [-0.15, -0.1) is 0 Å². The molecule has 0 spiro atoms. The second-order valence-electron chi connectivity index (χ2n) is 3.00. The van der Waals surface area contributed by atoms with Crippen LogP contribution in [0.25, 0.3) is 0 Å². The maximum Gasteiger partial charge on any atom is 0.239 e. The number of imidazole rings is 1. The van der Waals surface area contributed by atoms with Crippen molar-refractivity contribution in [3.8, 4) is 6.07 Å². The van der Waals surface area contributed by atoms with E-state index in [4.69, 9.17) is 33.6 Å². The molecule has 1 aliphatic rings. The number of aliphatic hydroxyl groups excluding tert-OH is 1. The van der Waals surface area contributed by atoms with Crippen LogP contribution in [0.4, 0.5) is 0 Å². The lowest BCUT2D eigenvalue weighted by Gasteiger charge is -2.17. The van der Waals surface area contributed by atoms with Crippen LogP contribution in [0.3, 0.4) is 0 Å². The van der Waals surface area contributed by atoms with Gasteiger partial charge in [-0.3, -0.25) is 19.6 Å². The topological polar surface area (TPSA) is 131 Å². The van der Waals surface area contributed by atoms with Gasteiger partial charge in [0, 0.05) is 6.92 Å². The van der Waals surface area contributed by atoms with Crippen LogP contribution in [0.1, 0.15) is 6.92 Å². The lowest BCUT2D eigenvalue weighted by Crippen LogP contribution is -2.26. The summed E-state index contributed by atoms with van der Waals surface area (Å²) in [6.45, 7) is 1.43. The predicted molar refractivity (Wildman–Crippen MR) is 67.0 cm³/mol. The van der Waals surface area contributed by atoms with Gasteiger partial charge in [-0.2, -0.15) is 5.26 Å². The Labute approximate surface area is 123 Å². The van der Waals surface area contributed by atoms with Gasteiger partial charge in [0.1, 0.15) is 17.4 Å². The Balaban J connectivity index is 0.000000371. The summed E-state index contributed by atoms with van der Waals surface area (Å²) in [4.78, 5) is 27.1. The number of hydrogen-bond acceptors (Lipinski definition) is 5. The minimum absolute atomic E-state index is 0.783. The number of hydrogen-bond donors (Lipinski definition) is 2. The lowest BCUT2D eigenvalue weighted by atomic mass is 10.1. The van der Waals surface area contributed by atoms with E-state index in [1.807, 2.05) is 12.4 Å². The summed E-state index contributed by atoms with van der Waals surface area (Å²) in [5.74, 6) is -4.46. The Hall–Kier alpha value is -2.30. The van der Waals surface area contributed by atoms with Crippen molar-refractivity contribution in [2.45, 2.75) is 6.92 Å². The second kappa shape index (κ2) is 8.74. The van der Waals surface area contributed by atoms with Crippen LogP contribution in [0.5, 0.6) is 0 Å². The van der Waals surface area contributed by atoms with E-state index in [1.54, 1.807) is 12.4 Å². The SMILES string of the molecule is CC#N.O=C1C(O)=C(Cl)C(=O)C([O-])=C1Cl.c1c[nH+]c[nH]1. The molecule has 3 N–H and O–H groups in total. The highest BCUT2D eigenvalue weighted by atomic mass is 35.5. The smallest absolute Gasteiger partial charge is 0.239 e. The van der Waals surface area contributed by atoms with Gasteiger partial charge < -0.3 is 10.2 Å². The Kier molecular flexibility index (Phi) is 7.74. The van der Waals surface area contributed by atoms with E-state index in [2.05, 4.69) is 9.97 Å². The van der Waals surface area contributed by atoms with Crippen molar-refractivity contribution in [1.82, 2.24) is 4.98 Å². The second-order valence-corrected chi connectivity index (χ2v) is 3.75. The molecule has 20 heavy (non-hydrogen) atoms. The summed E-state index contributed by atoms with van der Waals surface area (Å²) in [5, 5.41) is 25.3. The maximum atomic E-state index is 10.8. The van der Waals surface area contributed by atoms with Gasteiger partial charge in [-0.25, -0.2) is 0 Å². The Morgan fingerprint density at radius 1 is 1.35 bits per heavy atom. The number of nitriles is 1. The number of allylic oxidation sites excluding steroid dienone is 2. The van der Waals surface area contributed by atoms with Crippen LogP contribution in [0, 0.1) is 11.3 Å². The molecule has 0 aliphatic heterocycles. The summed E-state index contributed by atoms with van der Waals surface area (Å²) in [5.41, 5.74) is 0. The third kappa shape index (κ3) is 4.76.